The zero-order chi connectivity index (χ0) is 8.97. The molecule has 1 N–H and O–H groups in total. The van der Waals surface area contributed by atoms with E-state index in [1.165, 1.54) is 32.5 Å². The molecule has 0 aliphatic carbocycles. The van der Waals surface area contributed by atoms with E-state index in [-0.39, 0.29) is 0 Å². The minimum absolute atomic E-state index is 0.765. The van der Waals surface area contributed by atoms with Gasteiger partial charge in [0.25, 0.3) is 0 Å². The summed E-state index contributed by atoms with van der Waals surface area (Å²) in [6.45, 7) is 8.27. The Bertz CT molecular complexity index is 123. The fourth-order valence-corrected chi connectivity index (χ4v) is 1.99. The topological polar surface area (TPSA) is 15.3 Å². The van der Waals surface area contributed by atoms with Gasteiger partial charge >= 0.3 is 0 Å². The van der Waals surface area contributed by atoms with E-state index >= 15 is 0 Å². The molecule has 2 heteroatoms. The van der Waals surface area contributed by atoms with E-state index in [4.69, 9.17) is 0 Å². The number of hydrogen-bond acceptors (Lipinski definition) is 2. The van der Waals surface area contributed by atoms with Gasteiger partial charge in [-0.1, -0.05) is 13.8 Å². The maximum atomic E-state index is 3.61. The van der Waals surface area contributed by atoms with Crippen molar-refractivity contribution in [1.29, 1.82) is 0 Å². The molecule has 0 bridgehead atoms. The zero-order valence-electron chi connectivity index (χ0n) is 8.64. The SMILES string of the molecule is CCCNC1CCN(C)CC1C. The Morgan fingerprint density at radius 1 is 1.50 bits per heavy atom. The van der Waals surface area contributed by atoms with Gasteiger partial charge in [-0.3, -0.25) is 0 Å². The molecule has 0 radical (unpaired) electrons. The van der Waals surface area contributed by atoms with Crippen LogP contribution in [-0.4, -0.2) is 37.6 Å². The van der Waals surface area contributed by atoms with E-state index in [0.29, 0.717) is 0 Å². The third-order valence-electron chi connectivity index (χ3n) is 2.76. The molecule has 2 nitrogen and oxygen atoms in total. The van der Waals surface area contributed by atoms with Crippen molar-refractivity contribution >= 4 is 0 Å². The molecule has 2 unspecified atom stereocenters. The summed E-state index contributed by atoms with van der Waals surface area (Å²) in [5, 5.41) is 3.61. The average Bonchev–Trinajstić information content (AvgIpc) is 2.03. The first kappa shape index (κ1) is 10.0. The first-order chi connectivity index (χ1) is 5.74. The summed E-state index contributed by atoms with van der Waals surface area (Å²) in [6.07, 6.45) is 2.57. The molecule has 1 saturated heterocycles. The Kier molecular flexibility index (Phi) is 4.02. The van der Waals surface area contributed by atoms with Crippen molar-refractivity contribution in [3.8, 4) is 0 Å². The molecule has 0 amide bonds. The minimum atomic E-state index is 0.765. The highest BCUT2D eigenvalue weighted by Crippen LogP contribution is 2.14. The van der Waals surface area contributed by atoms with Crippen molar-refractivity contribution in [2.45, 2.75) is 32.7 Å². The summed E-state index contributed by atoms with van der Waals surface area (Å²) in [7, 11) is 2.21. The molecule has 0 spiro atoms. The van der Waals surface area contributed by atoms with Crippen LogP contribution >= 0.6 is 0 Å². The van der Waals surface area contributed by atoms with Crippen LogP contribution in [0.4, 0.5) is 0 Å². The molecule has 12 heavy (non-hydrogen) atoms. The molecule has 0 saturated carbocycles. The third-order valence-corrected chi connectivity index (χ3v) is 2.76. The lowest BCUT2D eigenvalue weighted by atomic mass is 9.94. The summed E-state index contributed by atoms with van der Waals surface area (Å²) in [5.74, 6) is 0.815. The van der Waals surface area contributed by atoms with Crippen LogP contribution < -0.4 is 5.32 Å². The van der Waals surface area contributed by atoms with Crippen LogP contribution in [0.25, 0.3) is 0 Å². The number of nitrogens with zero attached hydrogens (tertiary/aromatic N) is 1. The highest BCUT2D eigenvalue weighted by molar-refractivity contribution is 4.80. The van der Waals surface area contributed by atoms with Gasteiger partial charge in [-0.2, -0.15) is 0 Å². The highest BCUT2D eigenvalue weighted by atomic mass is 15.1. The van der Waals surface area contributed by atoms with Gasteiger partial charge in [-0.25, -0.2) is 0 Å². The van der Waals surface area contributed by atoms with Crippen LogP contribution in [-0.2, 0) is 0 Å². The molecular formula is C10H22N2. The van der Waals surface area contributed by atoms with Crippen LogP contribution in [0.3, 0.4) is 0 Å². The highest BCUT2D eigenvalue weighted by Gasteiger charge is 2.22. The maximum absolute atomic E-state index is 3.61. The summed E-state index contributed by atoms with van der Waals surface area (Å²) in [6, 6.07) is 0.765. The summed E-state index contributed by atoms with van der Waals surface area (Å²) < 4.78 is 0. The Hall–Kier alpha value is -0.0800. The van der Waals surface area contributed by atoms with E-state index in [2.05, 4.69) is 31.1 Å². The Labute approximate surface area is 76.3 Å². The Morgan fingerprint density at radius 3 is 2.83 bits per heavy atom. The van der Waals surface area contributed by atoms with Gasteiger partial charge in [0, 0.05) is 12.6 Å². The van der Waals surface area contributed by atoms with Gasteiger partial charge in [0.2, 0.25) is 0 Å². The molecule has 0 aromatic rings. The van der Waals surface area contributed by atoms with E-state index in [1.54, 1.807) is 0 Å². The minimum Gasteiger partial charge on any atom is -0.314 e. The van der Waals surface area contributed by atoms with E-state index in [9.17, 15) is 0 Å². The van der Waals surface area contributed by atoms with Gasteiger partial charge in [-0.05, 0) is 38.9 Å². The number of rotatable bonds is 3. The standard InChI is InChI=1S/C10H22N2/c1-4-6-11-10-5-7-12(3)8-9(10)2/h9-11H,4-8H2,1-3H3. The van der Waals surface area contributed by atoms with Gasteiger partial charge in [-0.15, -0.1) is 0 Å². The van der Waals surface area contributed by atoms with Crippen LogP contribution in [0.1, 0.15) is 26.7 Å². The summed E-state index contributed by atoms with van der Waals surface area (Å²) in [4.78, 5) is 2.43. The van der Waals surface area contributed by atoms with E-state index < -0.39 is 0 Å². The smallest absolute Gasteiger partial charge is 0.0117 e. The molecule has 72 valence electrons. The van der Waals surface area contributed by atoms with Crippen molar-refractivity contribution in [1.82, 2.24) is 10.2 Å². The van der Waals surface area contributed by atoms with Crippen molar-refractivity contribution in [2.75, 3.05) is 26.7 Å². The number of nitrogens with one attached hydrogen (secondary N) is 1. The van der Waals surface area contributed by atoms with Gasteiger partial charge in [0.15, 0.2) is 0 Å². The molecule has 1 fully saturated rings. The Balaban J connectivity index is 2.25. The van der Waals surface area contributed by atoms with Gasteiger partial charge < -0.3 is 10.2 Å². The molecule has 0 aromatic carbocycles. The second-order valence-corrected chi connectivity index (χ2v) is 4.09. The zero-order valence-corrected chi connectivity index (χ0v) is 8.64. The number of likely N-dealkylation sites (tertiary alicyclic amines) is 1. The van der Waals surface area contributed by atoms with Crippen LogP contribution in [0, 0.1) is 5.92 Å². The first-order valence-electron chi connectivity index (χ1n) is 5.16. The Morgan fingerprint density at radius 2 is 2.25 bits per heavy atom. The lowest BCUT2D eigenvalue weighted by Crippen LogP contribution is -2.47. The normalized spacial score (nSPS) is 32.2. The first-order valence-corrected chi connectivity index (χ1v) is 5.16. The van der Waals surface area contributed by atoms with Crippen molar-refractivity contribution < 1.29 is 0 Å². The number of hydrogen-bond donors (Lipinski definition) is 1. The molecule has 1 aliphatic heterocycles. The number of piperidine rings is 1. The molecule has 1 rings (SSSR count). The lowest BCUT2D eigenvalue weighted by Gasteiger charge is -2.35. The van der Waals surface area contributed by atoms with Gasteiger partial charge in [0.1, 0.15) is 0 Å². The van der Waals surface area contributed by atoms with Crippen LogP contribution in [0.2, 0.25) is 0 Å². The van der Waals surface area contributed by atoms with Gasteiger partial charge in [0.05, 0.1) is 0 Å². The summed E-state index contributed by atoms with van der Waals surface area (Å²) in [5.41, 5.74) is 0. The molecular weight excluding hydrogens is 148 g/mol. The molecule has 0 aromatic heterocycles. The van der Waals surface area contributed by atoms with Crippen LogP contribution in [0.5, 0.6) is 0 Å². The second kappa shape index (κ2) is 4.83. The van der Waals surface area contributed by atoms with Crippen LogP contribution in [0.15, 0.2) is 0 Å². The largest absolute Gasteiger partial charge is 0.314 e. The fraction of sp³-hybridized carbons (Fsp3) is 1.00. The van der Waals surface area contributed by atoms with Crippen molar-refractivity contribution in [2.24, 2.45) is 5.92 Å². The maximum Gasteiger partial charge on any atom is 0.0117 e. The average molecular weight is 170 g/mol. The monoisotopic (exact) mass is 170 g/mol. The van der Waals surface area contributed by atoms with Crippen molar-refractivity contribution in [3.05, 3.63) is 0 Å². The fourth-order valence-electron chi connectivity index (χ4n) is 1.99. The van der Waals surface area contributed by atoms with E-state index in [0.717, 1.165) is 12.0 Å². The van der Waals surface area contributed by atoms with Crippen molar-refractivity contribution in [3.63, 3.8) is 0 Å². The quantitative estimate of drug-likeness (QED) is 0.687. The second-order valence-electron chi connectivity index (χ2n) is 4.09. The molecule has 2 atom stereocenters. The predicted molar refractivity (Wildman–Crippen MR) is 53.4 cm³/mol. The van der Waals surface area contributed by atoms with E-state index in [1.807, 2.05) is 0 Å². The molecule has 1 heterocycles. The lowest BCUT2D eigenvalue weighted by molar-refractivity contribution is 0.175. The molecule has 1 aliphatic rings. The predicted octanol–water partition coefficient (Wildman–Crippen LogP) is 1.33. The summed E-state index contributed by atoms with van der Waals surface area (Å²) >= 11 is 0. The third kappa shape index (κ3) is 2.76.